The summed E-state index contributed by atoms with van der Waals surface area (Å²) in [7, 11) is 3.48. The Bertz CT molecular complexity index is 619. The summed E-state index contributed by atoms with van der Waals surface area (Å²) in [4.78, 5) is 0. The van der Waals surface area contributed by atoms with E-state index in [1.165, 1.54) is 9.13 Å². The van der Waals surface area contributed by atoms with E-state index in [4.69, 9.17) is 27.9 Å². The van der Waals surface area contributed by atoms with Crippen molar-refractivity contribution < 1.29 is 4.74 Å². The molecule has 0 aliphatic carbocycles. The summed E-state index contributed by atoms with van der Waals surface area (Å²) in [6.45, 7) is 0. The Balaban J connectivity index is 2.53. The van der Waals surface area contributed by atoms with Crippen LogP contribution in [0.2, 0.25) is 10.0 Å². The molecule has 5 heteroatoms. The summed E-state index contributed by atoms with van der Waals surface area (Å²) in [5.41, 5.74) is 2.10. The molecule has 0 bridgehead atoms. The van der Waals surface area contributed by atoms with Crippen molar-refractivity contribution in [2.45, 2.75) is 6.04 Å². The molecule has 1 atom stereocenters. The van der Waals surface area contributed by atoms with E-state index in [2.05, 4.69) is 40.0 Å². The standard InChI is InChI=1S/C15H14Cl2INO/c1-19-15(9-5-3-4-6-13(9)18)10-7-12(17)14(20-2)8-11(10)16/h3-8,15,19H,1-2H3. The van der Waals surface area contributed by atoms with Crippen LogP contribution in [0.5, 0.6) is 5.75 Å². The smallest absolute Gasteiger partial charge is 0.138 e. The van der Waals surface area contributed by atoms with Crippen molar-refractivity contribution in [3.8, 4) is 5.75 Å². The minimum Gasteiger partial charge on any atom is -0.495 e. The van der Waals surface area contributed by atoms with Gasteiger partial charge in [-0.3, -0.25) is 0 Å². The van der Waals surface area contributed by atoms with Crippen molar-refractivity contribution in [3.63, 3.8) is 0 Å². The van der Waals surface area contributed by atoms with Crippen LogP contribution in [0, 0.1) is 3.57 Å². The van der Waals surface area contributed by atoms with E-state index in [0.717, 1.165) is 5.56 Å². The Hall–Kier alpha value is -0.490. The normalized spacial score (nSPS) is 12.2. The summed E-state index contributed by atoms with van der Waals surface area (Å²) in [5, 5.41) is 4.48. The summed E-state index contributed by atoms with van der Waals surface area (Å²) in [5.74, 6) is 0.582. The molecule has 0 amide bonds. The predicted molar refractivity (Wildman–Crippen MR) is 93.1 cm³/mol. The Morgan fingerprint density at radius 2 is 1.80 bits per heavy atom. The van der Waals surface area contributed by atoms with Gasteiger partial charge >= 0.3 is 0 Å². The highest BCUT2D eigenvalue weighted by Gasteiger charge is 2.19. The number of halogens is 3. The van der Waals surface area contributed by atoms with Crippen LogP contribution in [-0.4, -0.2) is 14.2 Å². The van der Waals surface area contributed by atoms with Gasteiger partial charge in [0.05, 0.1) is 18.2 Å². The minimum absolute atomic E-state index is 0.0148. The van der Waals surface area contributed by atoms with Crippen LogP contribution in [0.3, 0.4) is 0 Å². The molecule has 0 saturated carbocycles. The van der Waals surface area contributed by atoms with Crippen molar-refractivity contribution in [2.24, 2.45) is 0 Å². The Morgan fingerprint density at radius 1 is 1.10 bits per heavy atom. The van der Waals surface area contributed by atoms with Crippen LogP contribution >= 0.6 is 45.8 Å². The monoisotopic (exact) mass is 421 g/mol. The number of hydrogen-bond donors (Lipinski definition) is 1. The molecule has 0 aliphatic heterocycles. The van der Waals surface area contributed by atoms with Crippen LogP contribution in [-0.2, 0) is 0 Å². The van der Waals surface area contributed by atoms with Gasteiger partial charge < -0.3 is 10.1 Å². The lowest BCUT2D eigenvalue weighted by Gasteiger charge is -2.21. The van der Waals surface area contributed by atoms with Crippen molar-refractivity contribution in [1.82, 2.24) is 5.32 Å². The Morgan fingerprint density at radius 3 is 2.40 bits per heavy atom. The third-order valence-corrected chi connectivity index (χ3v) is 4.69. The third-order valence-electron chi connectivity index (χ3n) is 3.09. The molecule has 2 aromatic rings. The molecule has 0 fully saturated rings. The summed E-state index contributed by atoms with van der Waals surface area (Å²) < 4.78 is 6.36. The van der Waals surface area contributed by atoms with Gasteiger partial charge in [-0.2, -0.15) is 0 Å². The van der Waals surface area contributed by atoms with Crippen LogP contribution in [0.4, 0.5) is 0 Å². The van der Waals surface area contributed by atoms with E-state index in [-0.39, 0.29) is 6.04 Å². The second kappa shape index (κ2) is 6.98. The van der Waals surface area contributed by atoms with Crippen molar-refractivity contribution in [1.29, 1.82) is 0 Å². The summed E-state index contributed by atoms with van der Waals surface area (Å²) in [6, 6.07) is 11.8. The van der Waals surface area contributed by atoms with Crippen LogP contribution in [0.1, 0.15) is 17.2 Å². The van der Waals surface area contributed by atoms with E-state index >= 15 is 0 Å². The average molecular weight is 422 g/mol. The molecule has 1 unspecified atom stereocenters. The number of nitrogens with one attached hydrogen (secondary N) is 1. The second-order valence-corrected chi connectivity index (χ2v) is 6.23. The maximum atomic E-state index is 6.37. The first-order chi connectivity index (χ1) is 9.58. The highest BCUT2D eigenvalue weighted by Crippen LogP contribution is 2.37. The van der Waals surface area contributed by atoms with Gasteiger partial charge in [-0.05, 0) is 52.9 Å². The number of benzene rings is 2. The number of ether oxygens (including phenoxy) is 1. The molecule has 2 aromatic carbocycles. The molecule has 0 aliphatic rings. The quantitative estimate of drug-likeness (QED) is 0.707. The van der Waals surface area contributed by atoms with Gasteiger partial charge in [-0.15, -0.1) is 0 Å². The number of rotatable bonds is 4. The SMILES string of the molecule is CNC(c1cc(Cl)c(OC)cc1Cl)c1ccccc1I. The largest absolute Gasteiger partial charge is 0.495 e. The molecular weight excluding hydrogens is 408 g/mol. The van der Waals surface area contributed by atoms with Gasteiger partial charge in [0.25, 0.3) is 0 Å². The molecule has 20 heavy (non-hydrogen) atoms. The molecular formula is C15H14Cl2INO. The molecule has 0 spiro atoms. The molecule has 2 rings (SSSR count). The van der Waals surface area contributed by atoms with E-state index in [9.17, 15) is 0 Å². The average Bonchev–Trinajstić information content (AvgIpc) is 2.45. The maximum absolute atomic E-state index is 6.37. The highest BCUT2D eigenvalue weighted by molar-refractivity contribution is 14.1. The van der Waals surface area contributed by atoms with Crippen molar-refractivity contribution in [2.75, 3.05) is 14.2 Å². The first-order valence-corrected chi connectivity index (χ1v) is 7.86. The Kier molecular flexibility index (Phi) is 5.55. The van der Waals surface area contributed by atoms with E-state index < -0.39 is 0 Å². The van der Waals surface area contributed by atoms with Gasteiger partial charge in [0.15, 0.2) is 0 Å². The van der Waals surface area contributed by atoms with Gasteiger partial charge in [0.1, 0.15) is 5.75 Å². The maximum Gasteiger partial charge on any atom is 0.138 e. The molecule has 2 nitrogen and oxygen atoms in total. The lowest BCUT2D eigenvalue weighted by Crippen LogP contribution is -2.19. The van der Waals surface area contributed by atoms with Crippen LogP contribution in [0.25, 0.3) is 0 Å². The fourth-order valence-corrected chi connectivity index (χ4v) is 3.32. The zero-order chi connectivity index (χ0) is 14.7. The van der Waals surface area contributed by atoms with Crippen molar-refractivity contribution in [3.05, 3.63) is 61.1 Å². The fourth-order valence-electron chi connectivity index (χ4n) is 2.11. The van der Waals surface area contributed by atoms with Gasteiger partial charge in [0, 0.05) is 14.7 Å². The number of methoxy groups -OCH3 is 1. The predicted octanol–water partition coefficient (Wildman–Crippen LogP) is 4.92. The molecule has 106 valence electrons. The summed E-state index contributed by atoms with van der Waals surface area (Å²) >= 11 is 14.9. The van der Waals surface area contributed by atoms with Crippen LogP contribution in [0.15, 0.2) is 36.4 Å². The van der Waals surface area contributed by atoms with Gasteiger partial charge in [-0.25, -0.2) is 0 Å². The highest BCUT2D eigenvalue weighted by atomic mass is 127. The molecule has 1 N–H and O–H groups in total. The second-order valence-electron chi connectivity index (χ2n) is 4.25. The zero-order valence-electron chi connectivity index (χ0n) is 11.1. The van der Waals surface area contributed by atoms with E-state index in [1.54, 1.807) is 13.2 Å². The van der Waals surface area contributed by atoms with E-state index in [1.807, 2.05) is 25.2 Å². The lowest BCUT2D eigenvalue weighted by atomic mass is 9.98. The molecule has 0 aromatic heterocycles. The fraction of sp³-hybridized carbons (Fsp3) is 0.200. The molecule has 0 heterocycles. The van der Waals surface area contributed by atoms with Gasteiger partial charge in [-0.1, -0.05) is 41.4 Å². The minimum atomic E-state index is -0.0148. The first kappa shape index (κ1) is 15.9. The first-order valence-electron chi connectivity index (χ1n) is 6.03. The lowest BCUT2D eigenvalue weighted by molar-refractivity contribution is 0.415. The summed E-state index contributed by atoms with van der Waals surface area (Å²) in [6.07, 6.45) is 0. The topological polar surface area (TPSA) is 21.3 Å². The third kappa shape index (κ3) is 3.22. The van der Waals surface area contributed by atoms with Crippen LogP contribution < -0.4 is 10.1 Å². The van der Waals surface area contributed by atoms with E-state index in [0.29, 0.717) is 15.8 Å². The molecule has 0 radical (unpaired) electrons. The number of hydrogen-bond acceptors (Lipinski definition) is 2. The Labute approximate surface area is 142 Å². The van der Waals surface area contributed by atoms with Crippen molar-refractivity contribution >= 4 is 45.8 Å². The zero-order valence-corrected chi connectivity index (χ0v) is 14.8. The van der Waals surface area contributed by atoms with Gasteiger partial charge in [0.2, 0.25) is 0 Å². The molecule has 0 saturated heterocycles.